The van der Waals surface area contributed by atoms with Crippen LogP contribution in [0.3, 0.4) is 0 Å². The van der Waals surface area contributed by atoms with E-state index in [-0.39, 0.29) is 11.7 Å². The Labute approximate surface area is 162 Å². The number of nitrogens with zero attached hydrogens (tertiary/aromatic N) is 2. The van der Waals surface area contributed by atoms with Crippen molar-refractivity contribution in [2.75, 3.05) is 11.1 Å². The largest absolute Gasteiger partial charge is 0.485 e. The Morgan fingerprint density at radius 2 is 1.81 bits per heavy atom. The highest BCUT2D eigenvalue weighted by Crippen LogP contribution is 2.23. The van der Waals surface area contributed by atoms with Crippen LogP contribution >= 0.6 is 11.8 Å². The fourth-order valence-electron chi connectivity index (χ4n) is 2.54. The SMILES string of the molecule is Cc1ccc(NC(=O)CSc2n[nH]c(COc3c(C)cccc3C)n2)cc1. The summed E-state index contributed by atoms with van der Waals surface area (Å²) < 4.78 is 5.86. The molecule has 0 fully saturated rings. The maximum absolute atomic E-state index is 12.0. The predicted molar refractivity (Wildman–Crippen MR) is 107 cm³/mol. The molecule has 1 amide bonds. The Morgan fingerprint density at radius 1 is 1.11 bits per heavy atom. The van der Waals surface area contributed by atoms with Gasteiger partial charge in [-0.1, -0.05) is 47.7 Å². The van der Waals surface area contributed by atoms with Crippen molar-refractivity contribution in [2.24, 2.45) is 0 Å². The van der Waals surface area contributed by atoms with Gasteiger partial charge in [-0.05, 0) is 44.0 Å². The third kappa shape index (κ3) is 5.34. The number of benzene rings is 2. The first-order chi connectivity index (χ1) is 13.0. The molecule has 0 saturated carbocycles. The number of ether oxygens (including phenoxy) is 1. The van der Waals surface area contributed by atoms with E-state index in [0.717, 1.165) is 28.1 Å². The lowest BCUT2D eigenvalue weighted by molar-refractivity contribution is -0.113. The number of rotatable bonds is 7. The molecule has 0 aliphatic rings. The second-order valence-electron chi connectivity index (χ2n) is 6.28. The molecule has 0 unspecified atom stereocenters. The molecule has 3 aromatic rings. The van der Waals surface area contributed by atoms with Crippen LogP contribution in [0, 0.1) is 20.8 Å². The highest BCUT2D eigenvalue weighted by atomic mass is 32.2. The van der Waals surface area contributed by atoms with Gasteiger partial charge in [0.1, 0.15) is 12.4 Å². The topological polar surface area (TPSA) is 79.9 Å². The number of hydrogen-bond donors (Lipinski definition) is 2. The van der Waals surface area contributed by atoms with Crippen LogP contribution in [-0.4, -0.2) is 26.8 Å². The summed E-state index contributed by atoms with van der Waals surface area (Å²) in [5.41, 5.74) is 4.09. The van der Waals surface area contributed by atoms with Crippen molar-refractivity contribution in [1.29, 1.82) is 0 Å². The molecule has 2 aromatic carbocycles. The number of carbonyl (C=O) groups excluding carboxylic acids is 1. The molecule has 140 valence electrons. The Hall–Kier alpha value is -2.80. The van der Waals surface area contributed by atoms with Gasteiger partial charge in [-0.15, -0.1) is 5.10 Å². The number of aryl methyl sites for hydroxylation is 3. The number of amides is 1. The standard InChI is InChI=1S/C20H22N4O2S/c1-13-7-9-16(10-8-13)21-18(25)12-27-20-22-17(23-24-20)11-26-19-14(2)5-4-6-15(19)3/h4-10H,11-12H2,1-3H3,(H,21,25)(H,22,23,24). The number of anilines is 1. The Balaban J connectivity index is 1.49. The van der Waals surface area contributed by atoms with Gasteiger partial charge in [-0.25, -0.2) is 4.98 Å². The van der Waals surface area contributed by atoms with Crippen LogP contribution in [0.2, 0.25) is 0 Å². The van der Waals surface area contributed by atoms with E-state index in [9.17, 15) is 4.79 Å². The van der Waals surface area contributed by atoms with Crippen molar-refractivity contribution in [3.05, 3.63) is 65.0 Å². The Bertz CT molecular complexity index is 902. The van der Waals surface area contributed by atoms with E-state index in [0.29, 0.717) is 17.6 Å². The van der Waals surface area contributed by atoms with Gasteiger partial charge < -0.3 is 10.1 Å². The summed E-state index contributed by atoms with van der Waals surface area (Å²) in [5.74, 6) is 1.63. The van der Waals surface area contributed by atoms with E-state index >= 15 is 0 Å². The van der Waals surface area contributed by atoms with Crippen molar-refractivity contribution in [3.8, 4) is 5.75 Å². The first kappa shape index (κ1) is 19.0. The number of thioether (sulfide) groups is 1. The van der Waals surface area contributed by atoms with Crippen LogP contribution in [0.15, 0.2) is 47.6 Å². The summed E-state index contributed by atoms with van der Waals surface area (Å²) in [6, 6.07) is 13.7. The predicted octanol–water partition coefficient (Wildman–Crippen LogP) is 4.04. The molecule has 0 saturated heterocycles. The number of carbonyl (C=O) groups is 1. The zero-order valence-corrected chi connectivity index (χ0v) is 16.4. The number of H-pyrrole nitrogens is 1. The van der Waals surface area contributed by atoms with Crippen LogP contribution in [0.4, 0.5) is 5.69 Å². The summed E-state index contributed by atoms with van der Waals surface area (Å²) in [6.07, 6.45) is 0. The number of para-hydroxylation sites is 1. The van der Waals surface area contributed by atoms with Crippen molar-refractivity contribution < 1.29 is 9.53 Å². The van der Waals surface area contributed by atoms with Gasteiger partial charge >= 0.3 is 0 Å². The van der Waals surface area contributed by atoms with E-state index in [1.165, 1.54) is 11.8 Å². The summed E-state index contributed by atoms with van der Waals surface area (Å²) >= 11 is 1.28. The fraction of sp³-hybridized carbons (Fsp3) is 0.250. The molecule has 0 aliphatic heterocycles. The fourth-order valence-corrected chi connectivity index (χ4v) is 3.16. The zero-order chi connectivity index (χ0) is 19.2. The minimum Gasteiger partial charge on any atom is -0.485 e. The zero-order valence-electron chi connectivity index (χ0n) is 15.6. The maximum Gasteiger partial charge on any atom is 0.234 e. The highest BCUT2D eigenvalue weighted by Gasteiger charge is 2.10. The molecule has 1 heterocycles. The Morgan fingerprint density at radius 3 is 2.52 bits per heavy atom. The smallest absolute Gasteiger partial charge is 0.234 e. The molecule has 7 heteroatoms. The van der Waals surface area contributed by atoms with Crippen LogP contribution in [0.1, 0.15) is 22.5 Å². The van der Waals surface area contributed by atoms with Gasteiger partial charge in [-0.2, -0.15) is 0 Å². The van der Waals surface area contributed by atoms with E-state index in [1.807, 2.05) is 63.2 Å². The van der Waals surface area contributed by atoms with Crippen molar-refractivity contribution >= 4 is 23.4 Å². The minimum atomic E-state index is -0.0954. The van der Waals surface area contributed by atoms with E-state index in [2.05, 4.69) is 20.5 Å². The average Bonchev–Trinajstić information content (AvgIpc) is 3.09. The number of aromatic amines is 1. The second kappa shape index (κ2) is 8.73. The molecule has 27 heavy (non-hydrogen) atoms. The third-order valence-corrected chi connectivity index (χ3v) is 4.79. The molecule has 0 bridgehead atoms. The van der Waals surface area contributed by atoms with Crippen LogP contribution < -0.4 is 10.1 Å². The van der Waals surface area contributed by atoms with Gasteiger partial charge in [0.15, 0.2) is 5.82 Å². The third-order valence-electron chi connectivity index (χ3n) is 3.94. The summed E-state index contributed by atoms with van der Waals surface area (Å²) in [5, 5.41) is 10.4. The molecule has 6 nitrogen and oxygen atoms in total. The van der Waals surface area contributed by atoms with E-state index < -0.39 is 0 Å². The molecule has 0 atom stereocenters. The summed E-state index contributed by atoms with van der Waals surface area (Å²) in [4.78, 5) is 16.4. The summed E-state index contributed by atoms with van der Waals surface area (Å²) in [6.45, 7) is 6.33. The quantitative estimate of drug-likeness (QED) is 0.603. The average molecular weight is 382 g/mol. The monoisotopic (exact) mass is 382 g/mol. The van der Waals surface area contributed by atoms with Crippen LogP contribution in [-0.2, 0) is 11.4 Å². The molecular formula is C20H22N4O2S. The van der Waals surface area contributed by atoms with Crippen molar-refractivity contribution in [2.45, 2.75) is 32.5 Å². The number of hydrogen-bond acceptors (Lipinski definition) is 5. The molecular weight excluding hydrogens is 360 g/mol. The molecule has 1 aromatic heterocycles. The van der Waals surface area contributed by atoms with Gasteiger partial charge in [-0.3, -0.25) is 9.89 Å². The van der Waals surface area contributed by atoms with Gasteiger partial charge in [0.2, 0.25) is 11.1 Å². The van der Waals surface area contributed by atoms with E-state index in [1.54, 1.807) is 0 Å². The lowest BCUT2D eigenvalue weighted by Gasteiger charge is -2.10. The molecule has 2 N–H and O–H groups in total. The van der Waals surface area contributed by atoms with Crippen molar-refractivity contribution in [1.82, 2.24) is 15.2 Å². The van der Waals surface area contributed by atoms with E-state index in [4.69, 9.17) is 4.74 Å². The number of aromatic nitrogens is 3. The normalized spacial score (nSPS) is 10.6. The van der Waals surface area contributed by atoms with Crippen LogP contribution in [0.25, 0.3) is 0 Å². The van der Waals surface area contributed by atoms with Gasteiger partial charge in [0.05, 0.1) is 5.75 Å². The minimum absolute atomic E-state index is 0.0954. The lowest BCUT2D eigenvalue weighted by Crippen LogP contribution is -2.14. The lowest BCUT2D eigenvalue weighted by atomic mass is 10.1. The Kier molecular flexibility index (Phi) is 6.13. The summed E-state index contributed by atoms with van der Waals surface area (Å²) in [7, 11) is 0. The van der Waals surface area contributed by atoms with Gasteiger partial charge in [0, 0.05) is 5.69 Å². The molecule has 3 rings (SSSR count). The van der Waals surface area contributed by atoms with Crippen LogP contribution in [0.5, 0.6) is 5.75 Å². The van der Waals surface area contributed by atoms with Gasteiger partial charge in [0.25, 0.3) is 0 Å². The molecule has 0 spiro atoms. The number of nitrogens with one attached hydrogen (secondary N) is 2. The molecule has 0 radical (unpaired) electrons. The molecule has 0 aliphatic carbocycles. The highest BCUT2D eigenvalue weighted by molar-refractivity contribution is 7.99. The first-order valence-electron chi connectivity index (χ1n) is 8.61. The first-order valence-corrected chi connectivity index (χ1v) is 9.59. The van der Waals surface area contributed by atoms with Crippen molar-refractivity contribution in [3.63, 3.8) is 0 Å². The maximum atomic E-state index is 12.0. The second-order valence-corrected chi connectivity index (χ2v) is 7.22.